The Morgan fingerprint density at radius 1 is 0.844 bits per heavy atom. The monoisotopic (exact) mass is 924 g/mol. The predicted octanol–water partition coefficient (Wildman–Crippen LogP) is 10.2. The van der Waals surface area contributed by atoms with Crippen molar-refractivity contribution in [2.24, 2.45) is 23.2 Å². The SMILES string of the molecule is O=C(CP(=O)(OCc1ccccc1)OCc1ccccc1)OC1=C2OC3C(OC(=O)Cc4ccccc4Nc4c(Cl)cccc4Cl)CC[C@@]4(O)C5CC(C=C1)C2C34CCN5CC1CC1. The second-order valence-corrected chi connectivity index (χ2v) is 20.9. The molecule has 2 aliphatic heterocycles. The Kier molecular flexibility index (Phi) is 12.0. The van der Waals surface area contributed by atoms with Crippen molar-refractivity contribution in [3.63, 3.8) is 0 Å². The maximum atomic E-state index is 14.4. The van der Waals surface area contributed by atoms with Gasteiger partial charge in [-0.25, -0.2) is 0 Å². The molecule has 2 saturated heterocycles. The summed E-state index contributed by atoms with van der Waals surface area (Å²) in [6, 6.07) is 31.1. The molecule has 6 aliphatic rings. The van der Waals surface area contributed by atoms with Gasteiger partial charge < -0.3 is 33.7 Å². The first-order chi connectivity index (χ1) is 31.0. The fourth-order valence-electron chi connectivity index (χ4n) is 11.1. The molecule has 64 heavy (non-hydrogen) atoms. The molecular formula is C50H51Cl2N2O9P. The highest BCUT2D eigenvalue weighted by molar-refractivity contribution is 7.54. The number of hydrogen-bond donors (Lipinski definition) is 2. The number of carbonyl (C=O) groups excluding carboxylic acids is 2. The molecule has 0 radical (unpaired) electrons. The maximum absolute atomic E-state index is 14.4. The highest BCUT2D eigenvalue weighted by atomic mass is 35.5. The maximum Gasteiger partial charge on any atom is 0.342 e. The van der Waals surface area contributed by atoms with Gasteiger partial charge in [-0.15, -0.1) is 0 Å². The number of allylic oxidation sites excluding steroid dienone is 3. The van der Waals surface area contributed by atoms with Gasteiger partial charge in [-0.1, -0.05) is 114 Å². The third kappa shape index (κ3) is 8.34. The third-order valence-corrected chi connectivity index (χ3v) is 16.5. The summed E-state index contributed by atoms with van der Waals surface area (Å²) >= 11 is 13.0. The lowest BCUT2D eigenvalue weighted by Gasteiger charge is -2.66. The molecule has 0 aromatic heterocycles. The van der Waals surface area contributed by atoms with E-state index in [-0.39, 0.29) is 43.3 Å². The molecule has 6 unspecified atom stereocenters. The molecule has 1 spiro atoms. The fraction of sp³-hybridized carbons (Fsp3) is 0.400. The van der Waals surface area contributed by atoms with E-state index >= 15 is 0 Å². The average Bonchev–Trinajstić information content (AvgIpc) is 4.04. The van der Waals surface area contributed by atoms with E-state index in [0.717, 1.165) is 24.2 Å². The number of nitrogens with zero attached hydrogens (tertiary/aromatic N) is 1. The Morgan fingerprint density at radius 3 is 2.20 bits per heavy atom. The molecule has 14 heteroatoms. The van der Waals surface area contributed by atoms with Gasteiger partial charge in [0.25, 0.3) is 0 Å². The van der Waals surface area contributed by atoms with E-state index in [2.05, 4.69) is 16.3 Å². The van der Waals surface area contributed by atoms with Gasteiger partial charge in [0.2, 0.25) is 0 Å². The van der Waals surface area contributed by atoms with Crippen LogP contribution in [-0.2, 0) is 57.0 Å². The Balaban J connectivity index is 0.918. The number of carbonyl (C=O) groups is 2. The van der Waals surface area contributed by atoms with Crippen LogP contribution >= 0.6 is 30.8 Å². The van der Waals surface area contributed by atoms with E-state index in [1.54, 1.807) is 24.3 Å². The van der Waals surface area contributed by atoms with E-state index in [9.17, 15) is 19.3 Å². The van der Waals surface area contributed by atoms with Crippen LogP contribution in [0.25, 0.3) is 0 Å². The summed E-state index contributed by atoms with van der Waals surface area (Å²) in [5.74, 6) is -0.314. The van der Waals surface area contributed by atoms with E-state index in [0.29, 0.717) is 64.3 Å². The number of aliphatic hydroxyl groups is 1. The summed E-state index contributed by atoms with van der Waals surface area (Å²) in [6.45, 7) is 1.66. The van der Waals surface area contributed by atoms with Gasteiger partial charge in [-0.3, -0.25) is 19.1 Å². The normalized spacial score (nSPS) is 28.0. The highest BCUT2D eigenvalue weighted by Gasteiger charge is 2.77. The second kappa shape index (κ2) is 17.7. The lowest BCUT2D eigenvalue weighted by Crippen LogP contribution is -2.77. The average molecular weight is 926 g/mol. The van der Waals surface area contributed by atoms with Gasteiger partial charge in [0.05, 0.1) is 46.4 Å². The largest absolute Gasteiger partial charge is 0.486 e. The summed E-state index contributed by atoms with van der Waals surface area (Å²) in [6.07, 6.45) is 6.33. The van der Waals surface area contributed by atoms with E-state index in [1.807, 2.05) is 84.9 Å². The summed E-state index contributed by atoms with van der Waals surface area (Å²) in [4.78, 5) is 30.5. The van der Waals surface area contributed by atoms with Crippen LogP contribution in [0, 0.1) is 23.2 Å². The number of benzene rings is 4. The van der Waals surface area contributed by atoms with Crippen LogP contribution in [0.1, 0.15) is 55.2 Å². The molecule has 4 aromatic carbocycles. The second-order valence-electron chi connectivity index (χ2n) is 18.1. The minimum Gasteiger partial charge on any atom is -0.486 e. The first-order valence-electron chi connectivity index (χ1n) is 22.2. The van der Waals surface area contributed by atoms with Crippen LogP contribution in [0.4, 0.5) is 11.4 Å². The van der Waals surface area contributed by atoms with Crippen LogP contribution in [0.2, 0.25) is 10.0 Å². The minimum absolute atomic E-state index is 0.0201. The summed E-state index contributed by atoms with van der Waals surface area (Å²) < 4.78 is 45.7. The molecule has 11 nitrogen and oxygen atoms in total. The van der Waals surface area contributed by atoms with Crippen molar-refractivity contribution in [3.05, 3.63) is 154 Å². The van der Waals surface area contributed by atoms with Gasteiger partial charge in [0.1, 0.15) is 24.1 Å². The predicted molar refractivity (Wildman–Crippen MR) is 243 cm³/mol. The topological polar surface area (TPSA) is 133 Å². The molecule has 10 rings (SSSR count). The van der Waals surface area contributed by atoms with Gasteiger partial charge in [-0.2, -0.15) is 0 Å². The van der Waals surface area contributed by atoms with Crippen LogP contribution in [0.3, 0.4) is 0 Å². The van der Waals surface area contributed by atoms with Crippen LogP contribution in [0.15, 0.2) is 127 Å². The number of likely N-dealkylation sites (tertiary alicyclic amines) is 1. The van der Waals surface area contributed by atoms with Crippen molar-refractivity contribution in [3.8, 4) is 0 Å². The third-order valence-electron chi connectivity index (χ3n) is 14.2. The zero-order valence-corrected chi connectivity index (χ0v) is 37.7. The number of ether oxygens (including phenoxy) is 3. The zero-order chi connectivity index (χ0) is 44.1. The van der Waals surface area contributed by atoms with Gasteiger partial charge in [0, 0.05) is 24.2 Å². The smallest absolute Gasteiger partial charge is 0.342 e. The number of para-hydroxylation sites is 2. The van der Waals surface area contributed by atoms with Gasteiger partial charge >= 0.3 is 19.5 Å². The van der Waals surface area contributed by atoms with Crippen molar-refractivity contribution in [1.29, 1.82) is 0 Å². The van der Waals surface area contributed by atoms with E-state index in [1.165, 1.54) is 12.8 Å². The van der Waals surface area contributed by atoms with Crippen molar-refractivity contribution < 1.29 is 42.5 Å². The number of anilines is 2. The number of nitrogens with one attached hydrogen (secondary N) is 1. The highest BCUT2D eigenvalue weighted by Crippen LogP contribution is 2.70. The molecule has 7 atom stereocenters. The Morgan fingerprint density at radius 2 is 1.52 bits per heavy atom. The van der Waals surface area contributed by atoms with Gasteiger partial charge in [0.15, 0.2) is 5.76 Å². The Labute approximate surface area is 383 Å². The molecule has 4 aromatic rings. The van der Waals surface area contributed by atoms with Crippen LogP contribution < -0.4 is 5.32 Å². The van der Waals surface area contributed by atoms with Crippen molar-refractivity contribution in [1.82, 2.24) is 4.90 Å². The minimum atomic E-state index is -4.05. The number of hydrogen-bond acceptors (Lipinski definition) is 11. The lowest BCUT2D eigenvalue weighted by molar-refractivity contribution is -0.270. The standard InChI is InChI=1S/C50H51Cl2N2O9P/c51-37-15-9-16-38(52)46(37)53-39-17-8-7-14-35(39)27-43(55)62-41-22-23-50(57)42-26-36-20-21-40(47-45(36)49(50,48(41)63-47)24-25-54(42)28-32-18-19-32)61-44(56)31-64(58,59-29-33-10-3-1-4-11-33)60-30-34-12-5-2-6-13-34/h1-17,20-21,32,36,41-42,45,48,53,57H,18-19,22-31H2/t36?,41?,42?,45?,48?,49?,50-/m1/s1. The Hall–Kier alpha value is -4.45. The number of rotatable bonds is 16. The molecular weight excluding hydrogens is 874 g/mol. The van der Waals surface area contributed by atoms with Gasteiger partial charge in [-0.05, 0) is 97.9 Å². The number of piperidine rings is 1. The van der Waals surface area contributed by atoms with Crippen molar-refractivity contribution in [2.75, 3.05) is 24.6 Å². The first-order valence-corrected chi connectivity index (χ1v) is 24.7. The molecule has 2 N–H and O–H groups in total. The van der Waals surface area contributed by atoms with Crippen LogP contribution in [-0.4, -0.2) is 65.0 Å². The molecule has 5 fully saturated rings. The molecule has 3 saturated carbocycles. The summed E-state index contributed by atoms with van der Waals surface area (Å²) in [5.41, 5.74) is 1.48. The molecule has 334 valence electrons. The Bertz CT molecular complexity index is 2450. The lowest BCUT2D eigenvalue weighted by atomic mass is 9.44. The first kappa shape index (κ1) is 43.4. The summed E-state index contributed by atoms with van der Waals surface area (Å²) in [5, 5.41) is 17.4. The fourth-order valence-corrected chi connectivity index (χ4v) is 12.9. The molecule has 2 heterocycles. The summed E-state index contributed by atoms with van der Waals surface area (Å²) in [7, 11) is -4.05. The van der Waals surface area contributed by atoms with E-state index in [4.69, 9.17) is 46.5 Å². The molecule has 0 amide bonds. The van der Waals surface area contributed by atoms with Crippen LogP contribution in [0.5, 0.6) is 0 Å². The quantitative estimate of drug-likeness (QED) is 0.0822. The number of esters is 2. The number of halogens is 2. The zero-order valence-electron chi connectivity index (χ0n) is 35.3. The molecule has 4 aliphatic carbocycles. The van der Waals surface area contributed by atoms with E-state index < -0.39 is 48.9 Å². The molecule has 2 bridgehead atoms. The van der Waals surface area contributed by atoms with Crippen molar-refractivity contribution in [2.45, 2.75) is 82.0 Å². The van der Waals surface area contributed by atoms with Crippen molar-refractivity contribution >= 4 is 54.1 Å².